The molecule has 0 unspecified atom stereocenters. The van der Waals surface area contributed by atoms with E-state index >= 15 is 0 Å². The maximum Gasteiger partial charge on any atom is 0.355 e. The molecule has 0 saturated carbocycles. The van der Waals surface area contributed by atoms with Crippen molar-refractivity contribution in [2.45, 2.75) is 19.4 Å². The third-order valence-corrected chi connectivity index (χ3v) is 3.57. The Morgan fingerprint density at radius 3 is 2.70 bits per heavy atom. The second-order valence-corrected chi connectivity index (χ2v) is 5.03. The SMILES string of the molecule is O=C(OCc1ccccc1)c1cc(N2CCCC2)c[nH]1. The highest BCUT2D eigenvalue weighted by Crippen LogP contribution is 2.21. The number of aromatic amines is 1. The van der Waals surface area contributed by atoms with E-state index in [2.05, 4.69) is 9.88 Å². The van der Waals surface area contributed by atoms with E-state index in [1.165, 1.54) is 12.8 Å². The van der Waals surface area contributed by atoms with Gasteiger partial charge < -0.3 is 14.6 Å². The monoisotopic (exact) mass is 270 g/mol. The highest BCUT2D eigenvalue weighted by molar-refractivity contribution is 5.88. The zero-order chi connectivity index (χ0) is 13.8. The Hall–Kier alpha value is -2.23. The zero-order valence-electron chi connectivity index (χ0n) is 11.3. The normalized spacial score (nSPS) is 14.5. The Balaban J connectivity index is 1.59. The summed E-state index contributed by atoms with van der Waals surface area (Å²) < 4.78 is 5.30. The van der Waals surface area contributed by atoms with Crippen molar-refractivity contribution in [1.29, 1.82) is 0 Å². The Morgan fingerprint density at radius 2 is 1.95 bits per heavy atom. The summed E-state index contributed by atoms with van der Waals surface area (Å²) in [7, 11) is 0. The minimum Gasteiger partial charge on any atom is -0.456 e. The Morgan fingerprint density at radius 1 is 1.20 bits per heavy atom. The minimum atomic E-state index is -0.306. The standard InChI is InChI=1S/C16H18N2O2/c19-16(20-12-13-6-2-1-3-7-13)15-10-14(11-17-15)18-8-4-5-9-18/h1-3,6-7,10-11,17H,4-5,8-9,12H2. The smallest absolute Gasteiger partial charge is 0.355 e. The van der Waals surface area contributed by atoms with Crippen molar-refractivity contribution in [3.05, 3.63) is 53.9 Å². The first-order chi connectivity index (χ1) is 9.83. The van der Waals surface area contributed by atoms with Gasteiger partial charge in [0.15, 0.2) is 0 Å². The molecule has 0 radical (unpaired) electrons. The van der Waals surface area contributed by atoms with Gasteiger partial charge in [0.1, 0.15) is 12.3 Å². The number of aromatic nitrogens is 1. The summed E-state index contributed by atoms with van der Waals surface area (Å²) in [6, 6.07) is 11.6. The maximum atomic E-state index is 12.0. The summed E-state index contributed by atoms with van der Waals surface area (Å²) in [6.07, 6.45) is 4.32. The third kappa shape index (κ3) is 2.85. The molecular weight excluding hydrogens is 252 g/mol. The van der Waals surface area contributed by atoms with Crippen LogP contribution in [-0.4, -0.2) is 24.0 Å². The van der Waals surface area contributed by atoms with Crippen LogP contribution in [-0.2, 0) is 11.3 Å². The molecule has 0 amide bonds. The van der Waals surface area contributed by atoms with Crippen LogP contribution in [0.4, 0.5) is 5.69 Å². The summed E-state index contributed by atoms with van der Waals surface area (Å²) in [4.78, 5) is 17.3. The number of carbonyl (C=O) groups excluding carboxylic acids is 1. The number of hydrogen-bond acceptors (Lipinski definition) is 3. The molecule has 2 heterocycles. The van der Waals surface area contributed by atoms with Crippen molar-refractivity contribution >= 4 is 11.7 Å². The largest absolute Gasteiger partial charge is 0.456 e. The van der Waals surface area contributed by atoms with Crippen molar-refractivity contribution in [2.24, 2.45) is 0 Å². The van der Waals surface area contributed by atoms with Gasteiger partial charge in [0, 0.05) is 19.3 Å². The van der Waals surface area contributed by atoms with Gasteiger partial charge in [0.05, 0.1) is 5.69 Å². The van der Waals surface area contributed by atoms with Crippen LogP contribution in [0, 0.1) is 0 Å². The van der Waals surface area contributed by atoms with E-state index in [-0.39, 0.29) is 5.97 Å². The van der Waals surface area contributed by atoms with E-state index in [0.717, 1.165) is 24.3 Å². The average molecular weight is 270 g/mol. The quantitative estimate of drug-likeness (QED) is 0.869. The van der Waals surface area contributed by atoms with Crippen molar-refractivity contribution in [1.82, 2.24) is 4.98 Å². The molecule has 4 nitrogen and oxygen atoms in total. The number of H-pyrrole nitrogens is 1. The van der Waals surface area contributed by atoms with Crippen LogP contribution >= 0.6 is 0 Å². The van der Waals surface area contributed by atoms with Gasteiger partial charge in [-0.2, -0.15) is 0 Å². The number of esters is 1. The first kappa shape index (κ1) is 12.8. The number of benzene rings is 1. The fraction of sp³-hybridized carbons (Fsp3) is 0.312. The molecule has 0 spiro atoms. The van der Waals surface area contributed by atoms with Crippen LogP contribution in [0.3, 0.4) is 0 Å². The number of carbonyl (C=O) groups is 1. The minimum absolute atomic E-state index is 0.303. The lowest BCUT2D eigenvalue weighted by atomic mass is 10.2. The topological polar surface area (TPSA) is 45.3 Å². The fourth-order valence-electron chi connectivity index (χ4n) is 2.46. The van der Waals surface area contributed by atoms with Crippen molar-refractivity contribution in [2.75, 3.05) is 18.0 Å². The Labute approximate surface area is 118 Å². The lowest BCUT2D eigenvalue weighted by molar-refractivity contribution is 0.0466. The predicted molar refractivity (Wildman–Crippen MR) is 77.8 cm³/mol. The predicted octanol–water partition coefficient (Wildman–Crippen LogP) is 2.97. The Kier molecular flexibility index (Phi) is 3.72. The molecule has 20 heavy (non-hydrogen) atoms. The number of nitrogens with zero attached hydrogens (tertiary/aromatic N) is 1. The number of nitrogens with one attached hydrogen (secondary N) is 1. The molecule has 1 aliphatic heterocycles. The zero-order valence-corrected chi connectivity index (χ0v) is 11.3. The second kappa shape index (κ2) is 5.82. The van der Waals surface area contributed by atoms with Gasteiger partial charge in [-0.3, -0.25) is 0 Å². The van der Waals surface area contributed by atoms with Gasteiger partial charge in [-0.05, 0) is 24.5 Å². The van der Waals surface area contributed by atoms with Gasteiger partial charge in [0.2, 0.25) is 0 Å². The molecule has 1 saturated heterocycles. The van der Waals surface area contributed by atoms with Crippen molar-refractivity contribution < 1.29 is 9.53 Å². The summed E-state index contributed by atoms with van der Waals surface area (Å²) in [5.74, 6) is -0.306. The van der Waals surface area contributed by atoms with Crippen LogP contribution in [0.5, 0.6) is 0 Å². The molecule has 2 aromatic rings. The molecule has 4 heteroatoms. The highest BCUT2D eigenvalue weighted by atomic mass is 16.5. The van der Waals surface area contributed by atoms with Gasteiger partial charge in [-0.25, -0.2) is 4.79 Å². The molecule has 1 aromatic heterocycles. The summed E-state index contributed by atoms with van der Waals surface area (Å²) >= 11 is 0. The second-order valence-electron chi connectivity index (χ2n) is 5.03. The number of anilines is 1. The van der Waals surface area contributed by atoms with Gasteiger partial charge in [-0.15, -0.1) is 0 Å². The molecule has 1 aromatic carbocycles. The molecule has 0 aliphatic carbocycles. The molecule has 1 aliphatic rings. The first-order valence-corrected chi connectivity index (χ1v) is 6.97. The number of hydrogen-bond donors (Lipinski definition) is 1. The lowest BCUT2D eigenvalue weighted by Crippen LogP contribution is -2.16. The van der Waals surface area contributed by atoms with E-state index in [1.807, 2.05) is 42.6 Å². The first-order valence-electron chi connectivity index (χ1n) is 6.97. The van der Waals surface area contributed by atoms with Crippen molar-refractivity contribution in [3.63, 3.8) is 0 Å². The van der Waals surface area contributed by atoms with Gasteiger partial charge in [-0.1, -0.05) is 30.3 Å². The maximum absolute atomic E-state index is 12.0. The molecule has 0 atom stereocenters. The molecule has 1 fully saturated rings. The summed E-state index contributed by atoms with van der Waals surface area (Å²) in [6.45, 7) is 2.43. The molecular formula is C16H18N2O2. The van der Waals surface area contributed by atoms with E-state index in [4.69, 9.17) is 4.74 Å². The van der Waals surface area contributed by atoms with Crippen LogP contribution in [0.15, 0.2) is 42.6 Å². The van der Waals surface area contributed by atoms with Gasteiger partial charge >= 0.3 is 5.97 Å². The van der Waals surface area contributed by atoms with Crippen LogP contribution in [0.1, 0.15) is 28.9 Å². The number of rotatable bonds is 4. The molecule has 104 valence electrons. The Bertz CT molecular complexity index is 571. The average Bonchev–Trinajstić information content (AvgIpc) is 3.16. The molecule has 1 N–H and O–H groups in total. The van der Waals surface area contributed by atoms with E-state index in [9.17, 15) is 4.79 Å². The highest BCUT2D eigenvalue weighted by Gasteiger charge is 2.16. The van der Waals surface area contributed by atoms with Crippen LogP contribution in [0.2, 0.25) is 0 Å². The third-order valence-electron chi connectivity index (χ3n) is 3.57. The van der Waals surface area contributed by atoms with E-state index in [0.29, 0.717) is 12.3 Å². The number of ether oxygens (including phenoxy) is 1. The lowest BCUT2D eigenvalue weighted by Gasteiger charge is -2.14. The molecule has 0 bridgehead atoms. The summed E-state index contributed by atoms with van der Waals surface area (Å²) in [5, 5.41) is 0. The van der Waals surface area contributed by atoms with E-state index < -0.39 is 0 Å². The summed E-state index contributed by atoms with van der Waals surface area (Å²) in [5.41, 5.74) is 2.59. The fourth-order valence-corrected chi connectivity index (χ4v) is 2.46. The van der Waals surface area contributed by atoms with Crippen LogP contribution in [0.25, 0.3) is 0 Å². The molecule has 3 rings (SSSR count). The van der Waals surface area contributed by atoms with Gasteiger partial charge in [0.25, 0.3) is 0 Å². The van der Waals surface area contributed by atoms with E-state index in [1.54, 1.807) is 0 Å². The van der Waals surface area contributed by atoms with Crippen LogP contribution < -0.4 is 4.90 Å². The van der Waals surface area contributed by atoms with Crippen molar-refractivity contribution in [3.8, 4) is 0 Å².